The predicted molar refractivity (Wildman–Crippen MR) is 127 cm³/mol. The Bertz CT molecular complexity index is 920. The van der Waals surface area contributed by atoms with Crippen molar-refractivity contribution < 1.29 is 9.59 Å². The summed E-state index contributed by atoms with van der Waals surface area (Å²) in [6.45, 7) is 5.18. The zero-order chi connectivity index (χ0) is 22.6. The number of hydrogen-bond donors (Lipinski definition) is 1. The summed E-state index contributed by atoms with van der Waals surface area (Å²) in [5.41, 5.74) is 2.76. The van der Waals surface area contributed by atoms with E-state index >= 15 is 0 Å². The number of nitrogens with one attached hydrogen (secondary N) is 1. The minimum absolute atomic E-state index is 0.0720. The molecule has 0 unspecified atom stereocenters. The number of carbonyl (C=O) groups excluding carboxylic acids is 2. The first kappa shape index (κ1) is 22.5. The van der Waals surface area contributed by atoms with Crippen molar-refractivity contribution in [2.24, 2.45) is 11.3 Å². The maximum atomic E-state index is 13.4. The average Bonchev–Trinajstić information content (AvgIpc) is 3.25. The van der Waals surface area contributed by atoms with Gasteiger partial charge >= 0.3 is 0 Å². The number of nitrogens with zero attached hydrogens (tertiary/aromatic N) is 2. The Balaban J connectivity index is 1.52. The minimum atomic E-state index is -0.565. The van der Waals surface area contributed by atoms with Crippen LogP contribution in [0.5, 0.6) is 0 Å². The molecule has 0 bridgehead atoms. The zero-order valence-corrected chi connectivity index (χ0v) is 19.3. The monoisotopic (exact) mass is 433 g/mol. The van der Waals surface area contributed by atoms with E-state index in [1.807, 2.05) is 37.1 Å². The van der Waals surface area contributed by atoms with E-state index < -0.39 is 5.41 Å². The van der Waals surface area contributed by atoms with Gasteiger partial charge in [-0.15, -0.1) is 0 Å². The summed E-state index contributed by atoms with van der Waals surface area (Å²) in [6, 6.07) is 12.5. The van der Waals surface area contributed by atoms with Crippen LogP contribution in [0.2, 0.25) is 0 Å². The van der Waals surface area contributed by atoms with Crippen molar-refractivity contribution >= 4 is 11.8 Å². The summed E-state index contributed by atoms with van der Waals surface area (Å²) in [6.07, 6.45) is 10.5. The number of carbonyl (C=O) groups is 2. The van der Waals surface area contributed by atoms with Gasteiger partial charge in [-0.25, -0.2) is 0 Å². The summed E-state index contributed by atoms with van der Waals surface area (Å²) in [4.78, 5) is 32.7. The number of aromatic nitrogens is 1. The quantitative estimate of drug-likeness (QED) is 0.723. The molecule has 1 aromatic heterocycles. The van der Waals surface area contributed by atoms with E-state index in [0.29, 0.717) is 25.9 Å². The number of benzene rings is 1. The molecule has 1 atom stereocenters. The number of hydrogen-bond acceptors (Lipinski definition) is 3. The van der Waals surface area contributed by atoms with E-state index in [4.69, 9.17) is 0 Å². The molecule has 170 valence electrons. The Labute approximate surface area is 191 Å². The molecular formula is C27H35N3O2. The molecule has 2 heterocycles. The Hall–Kier alpha value is -2.69. The van der Waals surface area contributed by atoms with Gasteiger partial charge in [0, 0.05) is 37.4 Å². The van der Waals surface area contributed by atoms with Gasteiger partial charge in [0.1, 0.15) is 0 Å². The molecule has 1 aliphatic heterocycles. The lowest BCUT2D eigenvalue weighted by atomic mass is 9.79. The van der Waals surface area contributed by atoms with Crippen molar-refractivity contribution in [1.29, 1.82) is 0 Å². The second-order valence-corrected chi connectivity index (χ2v) is 9.87. The smallest absolute Gasteiger partial charge is 0.228 e. The second kappa shape index (κ2) is 9.85. The lowest BCUT2D eigenvalue weighted by Crippen LogP contribution is -2.47. The van der Waals surface area contributed by atoms with Crippen LogP contribution in [-0.2, 0) is 16.0 Å². The highest BCUT2D eigenvalue weighted by Gasteiger charge is 2.46. The zero-order valence-electron chi connectivity index (χ0n) is 19.3. The van der Waals surface area contributed by atoms with Gasteiger partial charge in [0.2, 0.25) is 11.8 Å². The van der Waals surface area contributed by atoms with Crippen LogP contribution in [0.1, 0.15) is 57.9 Å². The molecule has 5 nitrogen and oxygen atoms in total. The molecule has 2 aliphatic rings. The van der Waals surface area contributed by atoms with E-state index in [0.717, 1.165) is 42.4 Å². The van der Waals surface area contributed by atoms with Crippen LogP contribution in [0.25, 0.3) is 11.1 Å². The molecule has 1 aliphatic carbocycles. The SMILES string of the molecule is CC(C)NC(=O)[C@@]1(Cc2ccc(-c3cccnc3)cc2)CCN(C(=O)C2CCCCC2)C1. The van der Waals surface area contributed by atoms with Crippen LogP contribution >= 0.6 is 0 Å². The first-order valence-electron chi connectivity index (χ1n) is 12.1. The highest BCUT2D eigenvalue weighted by atomic mass is 16.2. The van der Waals surface area contributed by atoms with Crippen molar-refractivity contribution in [3.63, 3.8) is 0 Å². The largest absolute Gasteiger partial charge is 0.353 e. The molecule has 0 spiro atoms. The minimum Gasteiger partial charge on any atom is -0.353 e. The van der Waals surface area contributed by atoms with Gasteiger partial charge < -0.3 is 10.2 Å². The highest BCUT2D eigenvalue weighted by Crippen LogP contribution is 2.37. The van der Waals surface area contributed by atoms with Gasteiger partial charge in [0.25, 0.3) is 0 Å². The number of amides is 2. The van der Waals surface area contributed by atoms with Crippen LogP contribution in [0.4, 0.5) is 0 Å². The average molecular weight is 434 g/mol. The summed E-state index contributed by atoms with van der Waals surface area (Å²) in [5.74, 6) is 0.477. The third-order valence-corrected chi connectivity index (χ3v) is 7.01. The number of pyridine rings is 1. The molecule has 1 N–H and O–H groups in total. The fraction of sp³-hybridized carbons (Fsp3) is 0.519. The molecule has 5 heteroatoms. The maximum absolute atomic E-state index is 13.4. The van der Waals surface area contributed by atoms with Gasteiger partial charge in [0.05, 0.1) is 5.41 Å². The van der Waals surface area contributed by atoms with E-state index in [-0.39, 0.29) is 23.8 Å². The Morgan fingerprint density at radius 2 is 1.84 bits per heavy atom. The fourth-order valence-electron chi connectivity index (χ4n) is 5.23. The van der Waals surface area contributed by atoms with Crippen molar-refractivity contribution in [2.45, 2.75) is 64.8 Å². The molecule has 4 rings (SSSR count). The molecule has 0 radical (unpaired) electrons. The molecule has 2 amide bonds. The van der Waals surface area contributed by atoms with Crippen molar-refractivity contribution in [2.75, 3.05) is 13.1 Å². The fourth-order valence-corrected chi connectivity index (χ4v) is 5.23. The van der Waals surface area contributed by atoms with Crippen molar-refractivity contribution in [3.8, 4) is 11.1 Å². The van der Waals surface area contributed by atoms with E-state index in [2.05, 4.69) is 34.6 Å². The van der Waals surface area contributed by atoms with Crippen molar-refractivity contribution in [1.82, 2.24) is 15.2 Å². The van der Waals surface area contributed by atoms with Gasteiger partial charge in [0.15, 0.2) is 0 Å². The second-order valence-electron chi connectivity index (χ2n) is 9.87. The lowest BCUT2D eigenvalue weighted by molar-refractivity contribution is -0.137. The normalized spacial score (nSPS) is 21.7. The van der Waals surface area contributed by atoms with Gasteiger partial charge in [-0.1, -0.05) is 49.6 Å². The van der Waals surface area contributed by atoms with Gasteiger partial charge in [-0.2, -0.15) is 0 Å². The molecule has 32 heavy (non-hydrogen) atoms. The Morgan fingerprint density at radius 3 is 2.50 bits per heavy atom. The van der Waals surface area contributed by atoms with E-state index in [1.54, 1.807) is 6.20 Å². The molecule has 2 fully saturated rings. The third kappa shape index (κ3) is 5.03. The summed E-state index contributed by atoms with van der Waals surface area (Å²) in [7, 11) is 0. The van der Waals surface area contributed by atoms with Gasteiger partial charge in [-0.05, 0) is 62.3 Å². The predicted octanol–water partition coefficient (Wildman–Crippen LogP) is 4.61. The summed E-state index contributed by atoms with van der Waals surface area (Å²) >= 11 is 0. The first-order chi connectivity index (χ1) is 15.5. The van der Waals surface area contributed by atoms with Crippen molar-refractivity contribution in [3.05, 3.63) is 54.4 Å². The van der Waals surface area contributed by atoms with E-state index in [9.17, 15) is 9.59 Å². The van der Waals surface area contributed by atoms with Crippen LogP contribution in [0.15, 0.2) is 48.8 Å². The molecule has 1 saturated carbocycles. The number of rotatable bonds is 6. The Kier molecular flexibility index (Phi) is 6.92. The molecular weight excluding hydrogens is 398 g/mol. The highest BCUT2D eigenvalue weighted by molar-refractivity contribution is 5.86. The molecule has 1 saturated heterocycles. The number of likely N-dealkylation sites (tertiary alicyclic amines) is 1. The molecule has 1 aromatic carbocycles. The van der Waals surface area contributed by atoms with Crippen LogP contribution in [0, 0.1) is 11.3 Å². The standard InChI is InChI=1S/C27H35N3O2/c1-20(2)29-26(32)27(14-16-30(19-27)25(31)23-7-4-3-5-8-23)17-21-10-12-22(13-11-21)24-9-6-15-28-18-24/h6,9-13,15,18,20,23H,3-5,7-8,14,16-17,19H2,1-2H3,(H,29,32)/t27-/m1/s1. The van der Waals surface area contributed by atoms with Crippen LogP contribution in [-0.4, -0.2) is 40.8 Å². The summed E-state index contributed by atoms with van der Waals surface area (Å²) < 4.78 is 0. The van der Waals surface area contributed by atoms with Crippen LogP contribution < -0.4 is 5.32 Å². The van der Waals surface area contributed by atoms with E-state index in [1.165, 1.54) is 6.42 Å². The first-order valence-corrected chi connectivity index (χ1v) is 12.1. The maximum Gasteiger partial charge on any atom is 0.228 e. The van der Waals surface area contributed by atoms with Crippen LogP contribution in [0.3, 0.4) is 0 Å². The molecule has 2 aromatic rings. The Morgan fingerprint density at radius 1 is 1.09 bits per heavy atom. The van der Waals surface area contributed by atoms with Gasteiger partial charge in [-0.3, -0.25) is 14.6 Å². The summed E-state index contributed by atoms with van der Waals surface area (Å²) in [5, 5.41) is 3.14. The lowest BCUT2D eigenvalue weighted by Gasteiger charge is -2.31. The topological polar surface area (TPSA) is 62.3 Å². The third-order valence-electron chi connectivity index (χ3n) is 7.01.